The molecule has 2 atom stereocenters. The first-order valence-corrected chi connectivity index (χ1v) is 14.8. The highest BCUT2D eigenvalue weighted by Gasteiger charge is 2.33. The van der Waals surface area contributed by atoms with Gasteiger partial charge in [0.25, 0.3) is 0 Å². The van der Waals surface area contributed by atoms with Crippen molar-refractivity contribution in [1.29, 1.82) is 0 Å². The number of halogens is 1. The van der Waals surface area contributed by atoms with Crippen LogP contribution in [-0.4, -0.2) is 41.3 Å². The summed E-state index contributed by atoms with van der Waals surface area (Å²) in [4.78, 5) is 33.5. The number of nitrogens with one attached hydrogen (secondary N) is 1. The van der Waals surface area contributed by atoms with E-state index in [1.165, 1.54) is 24.2 Å². The molecule has 0 aromatic carbocycles. The van der Waals surface area contributed by atoms with Gasteiger partial charge in [-0.3, -0.25) is 14.5 Å². The van der Waals surface area contributed by atoms with Gasteiger partial charge in [-0.15, -0.1) is 11.3 Å². The molecular formula is C28H30ClN7O3S. The summed E-state index contributed by atoms with van der Waals surface area (Å²) >= 11 is 7.92. The van der Waals surface area contributed by atoms with Crippen molar-refractivity contribution in [2.24, 2.45) is 11.8 Å². The number of H-pyrrole nitrogens is 1. The Bertz CT molecular complexity index is 1670. The highest BCUT2D eigenvalue weighted by molar-refractivity contribution is 7.07. The predicted octanol–water partition coefficient (Wildman–Crippen LogP) is 6.46. The number of aromatic amines is 1. The molecule has 1 saturated carbocycles. The third-order valence-electron chi connectivity index (χ3n) is 7.79. The minimum absolute atomic E-state index is 0.111. The predicted molar refractivity (Wildman–Crippen MR) is 153 cm³/mol. The third kappa shape index (κ3) is 5.09. The maximum atomic E-state index is 11.8. The summed E-state index contributed by atoms with van der Waals surface area (Å²) < 4.78 is 13.4. The monoisotopic (exact) mass is 579 g/mol. The van der Waals surface area contributed by atoms with Crippen molar-refractivity contribution in [3.8, 4) is 22.8 Å². The van der Waals surface area contributed by atoms with Gasteiger partial charge in [-0.25, -0.2) is 19.7 Å². The molecule has 0 aliphatic heterocycles. The Hall–Kier alpha value is -3.41. The minimum atomic E-state index is -0.658. The van der Waals surface area contributed by atoms with Crippen LogP contribution >= 0.6 is 22.9 Å². The van der Waals surface area contributed by atoms with Gasteiger partial charge < -0.3 is 9.30 Å². The van der Waals surface area contributed by atoms with Crippen LogP contribution in [0.4, 0.5) is 0 Å². The van der Waals surface area contributed by atoms with E-state index < -0.39 is 11.9 Å². The Morgan fingerprint density at radius 3 is 2.73 bits per heavy atom. The number of hydrogen-bond acceptors (Lipinski definition) is 9. The first-order valence-electron chi connectivity index (χ1n) is 13.5. The molecule has 208 valence electrons. The van der Waals surface area contributed by atoms with Crippen molar-refractivity contribution in [3.05, 3.63) is 62.5 Å². The lowest BCUT2D eigenvalue weighted by molar-refractivity contribution is 0.0772. The number of ether oxygens (including phenoxy) is 1. The molecule has 0 spiro atoms. The molecule has 1 aliphatic carbocycles. The number of fused-ring (bicyclic) bond motifs is 1. The van der Waals surface area contributed by atoms with E-state index in [4.69, 9.17) is 30.8 Å². The number of thiazole rings is 1. The molecule has 0 amide bonds. The first kappa shape index (κ1) is 26.8. The number of aromatic nitrogens is 7. The zero-order valence-electron chi connectivity index (χ0n) is 22.5. The zero-order chi connectivity index (χ0) is 27.8. The molecule has 0 radical (unpaired) electrons. The molecule has 2 unspecified atom stereocenters. The second-order valence-corrected chi connectivity index (χ2v) is 11.6. The van der Waals surface area contributed by atoms with E-state index in [1.54, 1.807) is 12.4 Å². The lowest BCUT2D eigenvalue weighted by Gasteiger charge is -2.33. The van der Waals surface area contributed by atoms with Crippen LogP contribution < -0.4 is 5.76 Å². The molecule has 1 aliphatic rings. The van der Waals surface area contributed by atoms with Gasteiger partial charge in [0.05, 0.1) is 33.0 Å². The SMILES string of the molecule is CCOC(c1cscn1)c1nc2cc(-c3noc(=O)[nH]3)nc(-c3cncc(Cl)c3)c2n1C(C)C1CCC(C)CC1. The Balaban J connectivity index is 1.64. The topological polar surface area (TPSA) is 125 Å². The quantitative estimate of drug-likeness (QED) is 0.222. The van der Waals surface area contributed by atoms with E-state index in [0.29, 0.717) is 34.5 Å². The minimum Gasteiger partial charge on any atom is -0.364 e. The molecule has 5 aromatic heterocycles. The molecule has 5 heterocycles. The molecule has 1 N–H and O–H groups in total. The smallest absolute Gasteiger partial charge is 0.364 e. The lowest BCUT2D eigenvalue weighted by atomic mass is 9.79. The fourth-order valence-corrected chi connectivity index (χ4v) is 6.47. The molecular weight excluding hydrogens is 550 g/mol. The fraction of sp³-hybridized carbons (Fsp3) is 0.429. The van der Waals surface area contributed by atoms with Crippen molar-refractivity contribution < 1.29 is 9.26 Å². The van der Waals surface area contributed by atoms with Gasteiger partial charge in [-0.2, -0.15) is 0 Å². The van der Waals surface area contributed by atoms with E-state index in [1.807, 2.05) is 29.9 Å². The lowest BCUT2D eigenvalue weighted by Crippen LogP contribution is -2.25. The van der Waals surface area contributed by atoms with Crippen LogP contribution in [0.15, 0.2) is 44.7 Å². The van der Waals surface area contributed by atoms with Gasteiger partial charge in [0.15, 0.2) is 6.10 Å². The van der Waals surface area contributed by atoms with E-state index in [2.05, 4.69) is 38.5 Å². The molecule has 0 bridgehead atoms. The highest BCUT2D eigenvalue weighted by atomic mass is 35.5. The van der Waals surface area contributed by atoms with Crippen LogP contribution in [0.1, 0.15) is 70.1 Å². The first-order chi connectivity index (χ1) is 19.4. The largest absolute Gasteiger partial charge is 0.439 e. The second kappa shape index (κ2) is 11.2. The van der Waals surface area contributed by atoms with E-state index in [9.17, 15) is 4.79 Å². The Morgan fingerprint density at radius 1 is 1.23 bits per heavy atom. The van der Waals surface area contributed by atoms with E-state index >= 15 is 0 Å². The Labute approximate surface area is 239 Å². The number of nitrogens with zero attached hydrogens (tertiary/aromatic N) is 6. The van der Waals surface area contributed by atoms with Crippen LogP contribution in [0.25, 0.3) is 33.8 Å². The second-order valence-electron chi connectivity index (χ2n) is 10.4. The van der Waals surface area contributed by atoms with Gasteiger partial charge in [-0.05, 0) is 50.7 Å². The van der Waals surface area contributed by atoms with Crippen molar-refractivity contribution in [2.75, 3.05) is 6.61 Å². The average molecular weight is 580 g/mol. The van der Waals surface area contributed by atoms with Crippen LogP contribution in [0.5, 0.6) is 0 Å². The van der Waals surface area contributed by atoms with Crippen LogP contribution in [0, 0.1) is 11.8 Å². The summed E-state index contributed by atoms with van der Waals surface area (Å²) in [7, 11) is 0. The number of pyridine rings is 2. The zero-order valence-corrected chi connectivity index (χ0v) is 24.1. The summed E-state index contributed by atoms with van der Waals surface area (Å²) in [6, 6.07) is 3.76. The van der Waals surface area contributed by atoms with Crippen LogP contribution in [0.2, 0.25) is 5.02 Å². The summed E-state index contributed by atoms with van der Waals surface area (Å²) in [5.74, 6) is 1.51. The summed E-state index contributed by atoms with van der Waals surface area (Å²) in [6.45, 7) is 7.06. The highest BCUT2D eigenvalue weighted by Crippen LogP contribution is 2.42. The number of rotatable bonds is 8. The van der Waals surface area contributed by atoms with Gasteiger partial charge in [0, 0.05) is 36.0 Å². The maximum absolute atomic E-state index is 11.8. The van der Waals surface area contributed by atoms with Crippen molar-refractivity contribution in [1.82, 2.24) is 34.6 Å². The maximum Gasteiger partial charge on any atom is 0.439 e. The van der Waals surface area contributed by atoms with Gasteiger partial charge in [0.2, 0.25) is 5.82 Å². The van der Waals surface area contributed by atoms with Crippen molar-refractivity contribution >= 4 is 34.0 Å². The third-order valence-corrected chi connectivity index (χ3v) is 8.61. The molecule has 0 saturated heterocycles. The molecule has 1 fully saturated rings. The standard InChI is InChI=1S/C28H30ClN7O3S/c1-4-38-25(22-13-40-14-31-22)27-33-20-10-21(26-34-28(37)39-35-26)32-23(18-9-19(29)12-30-11-18)24(20)36(27)16(3)17-7-5-15(2)6-8-17/h9-17,25H,4-8H2,1-3H3,(H,34,35,37). The van der Waals surface area contributed by atoms with Gasteiger partial charge in [0.1, 0.15) is 11.5 Å². The molecule has 6 rings (SSSR count). The Morgan fingerprint density at radius 2 is 2.05 bits per heavy atom. The number of hydrogen-bond donors (Lipinski definition) is 1. The molecule has 12 heteroatoms. The molecule has 10 nitrogen and oxygen atoms in total. The normalized spacial score (nSPS) is 19.2. The van der Waals surface area contributed by atoms with Gasteiger partial charge >= 0.3 is 5.76 Å². The molecule has 5 aromatic rings. The van der Waals surface area contributed by atoms with E-state index in [0.717, 1.165) is 41.4 Å². The van der Waals surface area contributed by atoms with Crippen LogP contribution in [-0.2, 0) is 4.74 Å². The average Bonchev–Trinajstić information content (AvgIpc) is 3.71. The van der Waals surface area contributed by atoms with Crippen molar-refractivity contribution in [3.63, 3.8) is 0 Å². The summed E-state index contributed by atoms with van der Waals surface area (Å²) in [5.41, 5.74) is 5.94. The number of imidazole rings is 1. The summed E-state index contributed by atoms with van der Waals surface area (Å²) in [6.07, 6.45) is 7.52. The fourth-order valence-electron chi connectivity index (χ4n) is 5.73. The van der Waals surface area contributed by atoms with Crippen molar-refractivity contribution in [2.45, 2.75) is 58.6 Å². The van der Waals surface area contributed by atoms with Crippen LogP contribution in [0.3, 0.4) is 0 Å². The van der Waals surface area contributed by atoms with Gasteiger partial charge in [-0.1, -0.05) is 36.5 Å². The Kier molecular flexibility index (Phi) is 7.52. The molecule has 40 heavy (non-hydrogen) atoms. The van der Waals surface area contributed by atoms with E-state index in [-0.39, 0.29) is 11.9 Å². The summed E-state index contributed by atoms with van der Waals surface area (Å²) in [5, 5.41) is 6.37.